The van der Waals surface area contributed by atoms with Crippen LogP contribution in [0.5, 0.6) is 0 Å². The Balaban J connectivity index is 1.89. The summed E-state index contributed by atoms with van der Waals surface area (Å²) in [6.07, 6.45) is 0.865. The molecule has 1 amide bonds. The molecule has 100 valence electrons. The molecule has 2 rings (SSSR count). The summed E-state index contributed by atoms with van der Waals surface area (Å²) in [5, 5.41) is 2.97. The summed E-state index contributed by atoms with van der Waals surface area (Å²) < 4.78 is 1.02. The minimum Gasteiger partial charge on any atom is -0.351 e. The molecular formula is C15H16BrNOS. The van der Waals surface area contributed by atoms with Crippen molar-refractivity contribution in [2.24, 2.45) is 0 Å². The van der Waals surface area contributed by atoms with Crippen molar-refractivity contribution in [2.75, 3.05) is 6.54 Å². The molecule has 0 aliphatic carbocycles. The van der Waals surface area contributed by atoms with Gasteiger partial charge in [0.1, 0.15) is 0 Å². The monoisotopic (exact) mass is 337 g/mol. The molecule has 0 unspecified atom stereocenters. The highest BCUT2D eigenvalue weighted by molar-refractivity contribution is 9.11. The molecule has 0 saturated heterocycles. The van der Waals surface area contributed by atoms with Gasteiger partial charge in [0, 0.05) is 6.54 Å². The molecule has 0 atom stereocenters. The third-order valence-electron chi connectivity index (χ3n) is 3.02. The number of benzene rings is 1. The largest absolute Gasteiger partial charge is 0.351 e. The number of hydrogen-bond donors (Lipinski definition) is 1. The lowest BCUT2D eigenvalue weighted by Gasteiger charge is -2.06. The second kappa shape index (κ2) is 6.35. The molecule has 1 aromatic heterocycles. The smallest absolute Gasteiger partial charge is 0.261 e. The van der Waals surface area contributed by atoms with Gasteiger partial charge in [-0.25, -0.2) is 0 Å². The van der Waals surface area contributed by atoms with E-state index in [1.807, 2.05) is 25.1 Å². The molecule has 0 fully saturated rings. The van der Waals surface area contributed by atoms with Crippen molar-refractivity contribution in [3.8, 4) is 0 Å². The minimum absolute atomic E-state index is 0.00684. The molecule has 1 N–H and O–H groups in total. The van der Waals surface area contributed by atoms with E-state index in [9.17, 15) is 4.79 Å². The molecule has 19 heavy (non-hydrogen) atoms. The SMILES string of the molecule is Cc1ccccc1CCNC(=O)c1cc(C)c(Br)s1. The van der Waals surface area contributed by atoms with Crippen LogP contribution in [0.3, 0.4) is 0 Å². The summed E-state index contributed by atoms with van der Waals surface area (Å²) in [6.45, 7) is 4.75. The van der Waals surface area contributed by atoms with Gasteiger partial charge in [-0.15, -0.1) is 11.3 Å². The Hall–Kier alpha value is -1.13. The maximum Gasteiger partial charge on any atom is 0.261 e. The van der Waals surface area contributed by atoms with Gasteiger partial charge in [0.15, 0.2) is 0 Å². The van der Waals surface area contributed by atoms with Gasteiger partial charge in [-0.3, -0.25) is 4.79 Å². The summed E-state index contributed by atoms with van der Waals surface area (Å²) in [7, 11) is 0. The quantitative estimate of drug-likeness (QED) is 0.893. The first-order valence-corrected chi connectivity index (χ1v) is 7.77. The normalized spacial score (nSPS) is 10.5. The van der Waals surface area contributed by atoms with E-state index in [4.69, 9.17) is 0 Å². The molecule has 0 spiro atoms. The van der Waals surface area contributed by atoms with E-state index in [2.05, 4.69) is 40.3 Å². The number of halogens is 1. The topological polar surface area (TPSA) is 29.1 Å². The predicted octanol–water partition coefficient (Wildman–Crippen LogP) is 4.10. The molecule has 1 heterocycles. The van der Waals surface area contributed by atoms with E-state index < -0.39 is 0 Å². The zero-order chi connectivity index (χ0) is 13.8. The van der Waals surface area contributed by atoms with E-state index in [-0.39, 0.29) is 5.91 Å². The highest BCUT2D eigenvalue weighted by atomic mass is 79.9. The van der Waals surface area contributed by atoms with Gasteiger partial charge in [-0.05, 0) is 59.0 Å². The third kappa shape index (κ3) is 3.67. The third-order valence-corrected chi connectivity index (χ3v) is 5.16. The molecule has 0 radical (unpaired) electrons. The Labute approximate surface area is 126 Å². The Bertz CT molecular complexity index is 572. The second-order valence-corrected chi connectivity index (χ2v) is 6.87. The van der Waals surface area contributed by atoms with E-state index >= 15 is 0 Å². The summed E-state index contributed by atoms with van der Waals surface area (Å²) >= 11 is 4.91. The second-order valence-electron chi connectivity index (χ2n) is 4.50. The first-order chi connectivity index (χ1) is 9.08. The molecular weight excluding hydrogens is 322 g/mol. The van der Waals surface area contributed by atoms with E-state index in [0.29, 0.717) is 6.54 Å². The molecule has 1 aromatic carbocycles. The first-order valence-electron chi connectivity index (χ1n) is 6.16. The lowest BCUT2D eigenvalue weighted by molar-refractivity contribution is 0.0958. The lowest BCUT2D eigenvalue weighted by Crippen LogP contribution is -2.25. The number of carbonyl (C=O) groups is 1. The average Bonchev–Trinajstić information content (AvgIpc) is 2.72. The Morgan fingerprint density at radius 2 is 2.00 bits per heavy atom. The molecule has 4 heteroatoms. The zero-order valence-electron chi connectivity index (χ0n) is 11.0. The van der Waals surface area contributed by atoms with E-state index in [1.165, 1.54) is 22.5 Å². The van der Waals surface area contributed by atoms with Crippen LogP contribution in [0.2, 0.25) is 0 Å². The van der Waals surface area contributed by atoms with Crippen molar-refractivity contribution in [3.05, 3.63) is 55.7 Å². The fourth-order valence-corrected chi connectivity index (χ4v) is 3.31. The Morgan fingerprint density at radius 1 is 1.26 bits per heavy atom. The lowest BCUT2D eigenvalue weighted by atomic mass is 10.1. The van der Waals surface area contributed by atoms with Crippen LogP contribution in [0.25, 0.3) is 0 Å². The fourth-order valence-electron chi connectivity index (χ4n) is 1.86. The van der Waals surface area contributed by atoms with Gasteiger partial charge < -0.3 is 5.32 Å². The van der Waals surface area contributed by atoms with E-state index in [1.54, 1.807) is 0 Å². The van der Waals surface area contributed by atoms with Gasteiger partial charge in [-0.2, -0.15) is 0 Å². The van der Waals surface area contributed by atoms with Gasteiger partial charge in [0.2, 0.25) is 0 Å². The molecule has 0 aliphatic heterocycles. The number of nitrogens with one attached hydrogen (secondary N) is 1. The highest BCUT2D eigenvalue weighted by Gasteiger charge is 2.10. The molecule has 0 aliphatic rings. The Morgan fingerprint density at radius 3 is 2.63 bits per heavy atom. The first kappa shape index (κ1) is 14.3. The number of carbonyl (C=O) groups excluding carboxylic acids is 1. The molecule has 2 nitrogen and oxygen atoms in total. The number of thiophene rings is 1. The summed E-state index contributed by atoms with van der Waals surface area (Å²) in [6, 6.07) is 10.2. The number of hydrogen-bond acceptors (Lipinski definition) is 2. The zero-order valence-corrected chi connectivity index (χ0v) is 13.4. The highest BCUT2D eigenvalue weighted by Crippen LogP contribution is 2.27. The van der Waals surface area contributed by atoms with Crippen LogP contribution < -0.4 is 5.32 Å². The minimum atomic E-state index is 0.00684. The van der Waals surface area contributed by atoms with Crippen molar-refractivity contribution in [2.45, 2.75) is 20.3 Å². The van der Waals surface area contributed by atoms with Crippen LogP contribution in [-0.4, -0.2) is 12.5 Å². The van der Waals surface area contributed by atoms with Gasteiger partial charge >= 0.3 is 0 Å². The number of rotatable bonds is 4. The van der Waals surface area contributed by atoms with Gasteiger partial charge in [-0.1, -0.05) is 24.3 Å². The number of aryl methyl sites for hydroxylation is 2. The van der Waals surface area contributed by atoms with Crippen molar-refractivity contribution < 1.29 is 4.79 Å². The summed E-state index contributed by atoms with van der Waals surface area (Å²) in [5.74, 6) is 0.00684. The van der Waals surface area contributed by atoms with Crippen LogP contribution in [0.15, 0.2) is 34.1 Å². The summed E-state index contributed by atoms with van der Waals surface area (Å²) in [5.41, 5.74) is 3.66. The maximum atomic E-state index is 12.0. The van der Waals surface area contributed by atoms with Crippen LogP contribution in [0, 0.1) is 13.8 Å². The van der Waals surface area contributed by atoms with Crippen molar-refractivity contribution in [1.29, 1.82) is 0 Å². The van der Waals surface area contributed by atoms with Crippen molar-refractivity contribution in [3.63, 3.8) is 0 Å². The summed E-state index contributed by atoms with van der Waals surface area (Å²) in [4.78, 5) is 12.7. The predicted molar refractivity (Wildman–Crippen MR) is 84.0 cm³/mol. The van der Waals surface area contributed by atoms with E-state index in [0.717, 1.165) is 20.6 Å². The van der Waals surface area contributed by atoms with Crippen molar-refractivity contribution in [1.82, 2.24) is 5.32 Å². The van der Waals surface area contributed by atoms with Crippen molar-refractivity contribution >= 4 is 33.2 Å². The number of amides is 1. The average molecular weight is 338 g/mol. The van der Waals surface area contributed by atoms with Gasteiger partial charge in [0.05, 0.1) is 8.66 Å². The van der Waals surface area contributed by atoms with Crippen LogP contribution in [-0.2, 0) is 6.42 Å². The molecule has 0 saturated carbocycles. The van der Waals surface area contributed by atoms with Gasteiger partial charge in [0.25, 0.3) is 5.91 Å². The standard InChI is InChI=1S/C15H16BrNOS/c1-10-5-3-4-6-12(10)7-8-17-15(18)13-9-11(2)14(16)19-13/h3-6,9H,7-8H2,1-2H3,(H,17,18). The maximum absolute atomic E-state index is 12.0. The van der Waals surface area contributed by atoms with Crippen LogP contribution >= 0.6 is 27.3 Å². The van der Waals surface area contributed by atoms with Crippen LogP contribution in [0.4, 0.5) is 0 Å². The van der Waals surface area contributed by atoms with Crippen LogP contribution in [0.1, 0.15) is 26.4 Å². The molecule has 2 aromatic rings. The fraction of sp³-hybridized carbons (Fsp3) is 0.267. The molecule has 0 bridgehead atoms. The Kier molecular flexibility index (Phi) is 4.77.